The van der Waals surface area contributed by atoms with Crippen LogP contribution in [0.15, 0.2) is 33.9 Å². The zero-order valence-electron chi connectivity index (χ0n) is 14.1. The van der Waals surface area contributed by atoms with Crippen molar-refractivity contribution in [2.75, 3.05) is 13.1 Å². The molecule has 1 aromatic carbocycles. The van der Waals surface area contributed by atoms with Crippen molar-refractivity contribution in [2.45, 2.75) is 32.7 Å². The van der Waals surface area contributed by atoms with Crippen molar-refractivity contribution in [3.8, 4) is 0 Å². The van der Waals surface area contributed by atoms with Gasteiger partial charge in [0.15, 0.2) is 0 Å². The number of aromatic amines is 1. The molecule has 8 nitrogen and oxygen atoms in total. The van der Waals surface area contributed by atoms with Gasteiger partial charge in [-0.15, -0.1) is 0 Å². The SMILES string of the molecule is CCCNC(=O)CCNC(=O)CCn1c(=O)[nH]c(=O)c2ccccc21. The predicted octanol–water partition coefficient (Wildman–Crippen LogP) is 0.112. The maximum Gasteiger partial charge on any atom is 0.328 e. The van der Waals surface area contributed by atoms with Gasteiger partial charge in [0.25, 0.3) is 5.56 Å². The number of rotatable bonds is 8. The molecular formula is C17H22N4O4. The molecule has 3 N–H and O–H groups in total. The molecule has 0 fully saturated rings. The van der Waals surface area contributed by atoms with E-state index in [0.29, 0.717) is 17.4 Å². The number of benzene rings is 1. The van der Waals surface area contributed by atoms with E-state index in [0.717, 1.165) is 6.42 Å². The number of carbonyl (C=O) groups is 2. The van der Waals surface area contributed by atoms with Crippen molar-refractivity contribution in [3.63, 3.8) is 0 Å². The third kappa shape index (κ3) is 5.03. The molecule has 0 saturated carbocycles. The van der Waals surface area contributed by atoms with Gasteiger partial charge in [-0.2, -0.15) is 0 Å². The third-order valence-electron chi connectivity index (χ3n) is 3.71. The van der Waals surface area contributed by atoms with Gasteiger partial charge >= 0.3 is 5.69 Å². The van der Waals surface area contributed by atoms with Gasteiger partial charge in [0, 0.05) is 32.5 Å². The normalized spacial score (nSPS) is 10.6. The number of aromatic nitrogens is 2. The van der Waals surface area contributed by atoms with Gasteiger partial charge in [0.05, 0.1) is 10.9 Å². The molecule has 0 saturated heterocycles. The Bertz CT molecular complexity index is 869. The maximum atomic E-state index is 12.0. The number of carbonyl (C=O) groups excluding carboxylic acids is 2. The molecule has 1 heterocycles. The number of fused-ring (bicyclic) bond motifs is 1. The van der Waals surface area contributed by atoms with Gasteiger partial charge in [-0.1, -0.05) is 19.1 Å². The molecule has 8 heteroatoms. The molecule has 1 aromatic heterocycles. The van der Waals surface area contributed by atoms with Crippen LogP contribution < -0.4 is 21.9 Å². The minimum Gasteiger partial charge on any atom is -0.356 e. The van der Waals surface area contributed by atoms with E-state index in [-0.39, 0.29) is 37.7 Å². The summed E-state index contributed by atoms with van der Waals surface area (Å²) in [5.41, 5.74) is -0.502. The van der Waals surface area contributed by atoms with E-state index in [1.165, 1.54) is 4.57 Å². The first-order chi connectivity index (χ1) is 12.0. The monoisotopic (exact) mass is 346 g/mol. The average molecular weight is 346 g/mol. The van der Waals surface area contributed by atoms with E-state index in [1.54, 1.807) is 24.3 Å². The molecule has 2 amide bonds. The lowest BCUT2D eigenvalue weighted by molar-refractivity contribution is -0.122. The first kappa shape index (κ1) is 18.4. The van der Waals surface area contributed by atoms with Gasteiger partial charge in [-0.25, -0.2) is 4.79 Å². The number of nitrogens with one attached hydrogen (secondary N) is 3. The smallest absolute Gasteiger partial charge is 0.328 e. The van der Waals surface area contributed by atoms with Gasteiger partial charge in [-0.05, 0) is 18.6 Å². The first-order valence-corrected chi connectivity index (χ1v) is 8.28. The topological polar surface area (TPSA) is 113 Å². The number of hydrogen-bond acceptors (Lipinski definition) is 4. The molecule has 0 aliphatic heterocycles. The van der Waals surface area contributed by atoms with E-state index in [2.05, 4.69) is 15.6 Å². The van der Waals surface area contributed by atoms with E-state index in [4.69, 9.17) is 0 Å². The summed E-state index contributed by atoms with van der Waals surface area (Å²) in [6, 6.07) is 6.73. The van der Waals surface area contributed by atoms with Gasteiger partial charge in [0.1, 0.15) is 0 Å². The number of hydrogen-bond donors (Lipinski definition) is 3. The van der Waals surface area contributed by atoms with E-state index in [1.807, 2.05) is 6.92 Å². The highest BCUT2D eigenvalue weighted by molar-refractivity contribution is 5.80. The standard InChI is InChI=1S/C17H22N4O4/c1-2-9-18-14(22)7-10-19-15(23)8-11-21-13-6-4-3-5-12(13)16(24)20-17(21)25/h3-6H,2,7-11H2,1H3,(H,18,22)(H,19,23)(H,20,24,25). The largest absolute Gasteiger partial charge is 0.356 e. The molecule has 2 rings (SSSR count). The predicted molar refractivity (Wildman–Crippen MR) is 94.4 cm³/mol. The van der Waals surface area contributed by atoms with Crippen LogP contribution in [-0.2, 0) is 16.1 Å². The van der Waals surface area contributed by atoms with Crippen molar-refractivity contribution in [2.24, 2.45) is 0 Å². The van der Waals surface area contributed by atoms with Crippen molar-refractivity contribution in [1.29, 1.82) is 0 Å². The number of H-pyrrole nitrogens is 1. The summed E-state index contributed by atoms with van der Waals surface area (Å²) in [6.07, 6.45) is 1.15. The fourth-order valence-electron chi connectivity index (χ4n) is 2.43. The van der Waals surface area contributed by atoms with Gasteiger partial charge < -0.3 is 10.6 Å². The lowest BCUT2D eigenvalue weighted by atomic mass is 10.2. The van der Waals surface area contributed by atoms with Gasteiger partial charge in [0.2, 0.25) is 11.8 Å². The Morgan fingerprint density at radius 3 is 2.48 bits per heavy atom. The Labute approximate surface area is 144 Å². The Morgan fingerprint density at radius 2 is 1.72 bits per heavy atom. The molecule has 0 aliphatic carbocycles. The molecule has 0 unspecified atom stereocenters. The summed E-state index contributed by atoms with van der Waals surface area (Å²) in [5, 5.41) is 5.78. The Morgan fingerprint density at radius 1 is 1.04 bits per heavy atom. The second-order valence-electron chi connectivity index (χ2n) is 5.63. The molecule has 0 bridgehead atoms. The van der Waals surface area contributed by atoms with Crippen LogP contribution in [-0.4, -0.2) is 34.5 Å². The van der Waals surface area contributed by atoms with Crippen LogP contribution in [0.4, 0.5) is 0 Å². The molecule has 0 aliphatic rings. The molecule has 0 atom stereocenters. The third-order valence-corrected chi connectivity index (χ3v) is 3.71. The molecule has 2 aromatic rings. The summed E-state index contributed by atoms with van der Waals surface area (Å²) < 4.78 is 1.37. The number of aryl methyl sites for hydroxylation is 1. The van der Waals surface area contributed by atoms with E-state index >= 15 is 0 Å². The van der Waals surface area contributed by atoms with Gasteiger partial charge in [-0.3, -0.25) is 23.9 Å². The fraction of sp³-hybridized carbons (Fsp3) is 0.412. The Hall–Kier alpha value is -2.90. The Kier molecular flexibility index (Phi) is 6.50. The highest BCUT2D eigenvalue weighted by Crippen LogP contribution is 2.06. The summed E-state index contributed by atoms with van der Waals surface area (Å²) >= 11 is 0. The van der Waals surface area contributed by atoms with Crippen molar-refractivity contribution in [3.05, 3.63) is 45.1 Å². The highest BCUT2D eigenvalue weighted by Gasteiger charge is 2.09. The number of nitrogens with zero attached hydrogens (tertiary/aromatic N) is 1. The van der Waals surface area contributed by atoms with Crippen molar-refractivity contribution >= 4 is 22.7 Å². The molecule has 0 spiro atoms. The van der Waals surface area contributed by atoms with E-state index in [9.17, 15) is 19.2 Å². The minimum atomic E-state index is -0.546. The average Bonchev–Trinajstić information content (AvgIpc) is 2.59. The van der Waals surface area contributed by atoms with Crippen molar-refractivity contribution in [1.82, 2.24) is 20.2 Å². The molecule has 134 valence electrons. The van der Waals surface area contributed by atoms with Crippen LogP contribution in [0.5, 0.6) is 0 Å². The lowest BCUT2D eigenvalue weighted by Crippen LogP contribution is -2.34. The fourth-order valence-corrected chi connectivity index (χ4v) is 2.43. The second-order valence-corrected chi connectivity index (χ2v) is 5.63. The maximum absolute atomic E-state index is 12.0. The zero-order valence-corrected chi connectivity index (χ0v) is 14.1. The number of amides is 2. The van der Waals surface area contributed by atoms with Crippen LogP contribution in [0.2, 0.25) is 0 Å². The molecular weight excluding hydrogens is 324 g/mol. The minimum absolute atomic E-state index is 0.0759. The van der Waals surface area contributed by atoms with Crippen LogP contribution in [0.25, 0.3) is 10.9 Å². The summed E-state index contributed by atoms with van der Waals surface area (Å²) in [5.74, 6) is -0.365. The van der Waals surface area contributed by atoms with Crippen LogP contribution >= 0.6 is 0 Å². The van der Waals surface area contributed by atoms with Crippen LogP contribution in [0.1, 0.15) is 26.2 Å². The Balaban J connectivity index is 1.92. The summed E-state index contributed by atoms with van der Waals surface area (Å²) in [7, 11) is 0. The second kappa shape index (κ2) is 8.81. The quantitative estimate of drug-likeness (QED) is 0.630. The summed E-state index contributed by atoms with van der Waals surface area (Å²) in [4.78, 5) is 49.4. The van der Waals surface area contributed by atoms with Crippen LogP contribution in [0, 0.1) is 0 Å². The summed E-state index contributed by atoms with van der Waals surface area (Å²) in [6.45, 7) is 2.97. The van der Waals surface area contributed by atoms with E-state index < -0.39 is 11.2 Å². The zero-order chi connectivity index (χ0) is 18.2. The number of para-hydroxylation sites is 1. The first-order valence-electron chi connectivity index (χ1n) is 8.28. The lowest BCUT2D eigenvalue weighted by Gasteiger charge is -2.10. The molecule has 25 heavy (non-hydrogen) atoms. The highest BCUT2D eigenvalue weighted by atomic mass is 16.2. The van der Waals surface area contributed by atoms with Crippen molar-refractivity contribution < 1.29 is 9.59 Å². The van der Waals surface area contributed by atoms with Crippen LogP contribution in [0.3, 0.4) is 0 Å². The molecule has 0 radical (unpaired) electrons.